The van der Waals surface area contributed by atoms with Gasteiger partial charge in [0.15, 0.2) is 0 Å². The summed E-state index contributed by atoms with van der Waals surface area (Å²) in [7, 11) is 7.97. The van der Waals surface area contributed by atoms with Crippen LogP contribution >= 0.6 is 27.5 Å². The molecule has 1 unspecified atom stereocenters. The largest absolute Gasteiger partial charge is 0.497 e. The van der Waals surface area contributed by atoms with Crippen molar-refractivity contribution in [2.24, 2.45) is 0 Å². The summed E-state index contributed by atoms with van der Waals surface area (Å²) in [4.78, 5) is 6.95. The molecule has 1 N–H and O–H groups in total. The third-order valence-electron chi connectivity index (χ3n) is 5.18. The zero-order valence-electron chi connectivity index (χ0n) is 15.7. The van der Waals surface area contributed by atoms with Crippen LogP contribution in [-0.2, 0) is 6.54 Å². The van der Waals surface area contributed by atoms with Crippen LogP contribution < -0.4 is 15.1 Å². The fourth-order valence-electron chi connectivity index (χ4n) is 3.82. The van der Waals surface area contributed by atoms with Gasteiger partial charge in [-0.25, -0.2) is 4.98 Å². The normalized spacial score (nSPS) is 15.0. The van der Waals surface area contributed by atoms with Crippen LogP contribution in [0.5, 0.6) is 5.75 Å². The van der Waals surface area contributed by atoms with Gasteiger partial charge in [0.25, 0.3) is 0 Å². The molecule has 2 heterocycles. The number of halogens is 2. The Morgan fingerprint density at radius 2 is 2.14 bits per heavy atom. The number of imidazole rings is 1. The smallest absolute Gasteiger partial charge is 0.211 e. The van der Waals surface area contributed by atoms with Gasteiger partial charge in [-0.2, -0.15) is 0 Å². The van der Waals surface area contributed by atoms with Gasteiger partial charge in [0.2, 0.25) is 5.95 Å². The molecule has 0 fully saturated rings. The van der Waals surface area contributed by atoms with E-state index in [1.165, 1.54) is 0 Å². The molecule has 1 atom stereocenters. The summed E-state index contributed by atoms with van der Waals surface area (Å²) in [6.07, 6.45) is 0.983. The van der Waals surface area contributed by atoms with E-state index in [0.717, 1.165) is 46.7 Å². The maximum atomic E-state index is 10.5. The number of fused-ring (bicyclic) bond motifs is 3. The monoisotopic (exact) mass is 459 g/mol. The predicted octanol–water partition coefficient (Wildman–Crippen LogP) is 4.24. The number of aliphatic hydroxyl groups is 1. The van der Waals surface area contributed by atoms with Crippen LogP contribution in [0.2, 0.25) is 5.02 Å². The Hall–Kier alpha value is -1.70. The maximum Gasteiger partial charge on any atom is 0.211 e. The highest BCUT2D eigenvalue weighted by Crippen LogP contribution is 2.40. The third-order valence-corrected chi connectivity index (χ3v) is 6.09. The molecule has 3 aromatic rings. The van der Waals surface area contributed by atoms with Crippen molar-refractivity contribution in [2.45, 2.75) is 32.4 Å². The van der Waals surface area contributed by atoms with Crippen LogP contribution in [0.25, 0.3) is 11.0 Å². The lowest BCUT2D eigenvalue weighted by atomic mass is 9.93. The summed E-state index contributed by atoms with van der Waals surface area (Å²) < 4.78 is 8.28. The second-order valence-corrected chi connectivity index (χ2v) is 8.14. The molecule has 5 nitrogen and oxygen atoms in total. The second kappa shape index (κ2) is 7.62. The minimum absolute atomic E-state index is 0.561. The van der Waals surface area contributed by atoms with Crippen molar-refractivity contribution in [2.75, 3.05) is 18.6 Å². The Labute approximate surface area is 178 Å². The molecule has 0 saturated carbocycles. The molecular formula is C20H20BBrClN3O2. The van der Waals surface area contributed by atoms with Crippen LogP contribution in [0.3, 0.4) is 0 Å². The van der Waals surface area contributed by atoms with Gasteiger partial charge in [-0.1, -0.05) is 30.1 Å². The number of methoxy groups -OCH3 is 1. The maximum absolute atomic E-state index is 10.5. The average Bonchev–Trinajstić information content (AvgIpc) is 3.08. The Morgan fingerprint density at radius 1 is 1.36 bits per heavy atom. The van der Waals surface area contributed by atoms with E-state index in [9.17, 15) is 5.11 Å². The van der Waals surface area contributed by atoms with Crippen LogP contribution in [-0.4, -0.2) is 36.2 Å². The van der Waals surface area contributed by atoms with Gasteiger partial charge in [-0.15, -0.1) is 0 Å². The number of benzene rings is 2. The SMILES string of the molecule is [B]c1cc(OC)cc(Br)c1N1CCCn2c1nc1c(Cl)ccc(C(O)CC)c12. The third kappa shape index (κ3) is 3.10. The summed E-state index contributed by atoms with van der Waals surface area (Å²) in [6.45, 7) is 3.54. The van der Waals surface area contributed by atoms with E-state index in [0.29, 0.717) is 28.2 Å². The van der Waals surface area contributed by atoms with Crippen LogP contribution in [0.1, 0.15) is 31.4 Å². The van der Waals surface area contributed by atoms with Crippen LogP contribution in [0.4, 0.5) is 11.6 Å². The molecule has 1 aromatic heterocycles. The minimum Gasteiger partial charge on any atom is -0.497 e. The van der Waals surface area contributed by atoms with Gasteiger partial charge in [-0.3, -0.25) is 0 Å². The van der Waals surface area contributed by atoms with Crippen molar-refractivity contribution >= 4 is 63.5 Å². The first-order valence-electron chi connectivity index (χ1n) is 9.23. The molecule has 2 radical (unpaired) electrons. The number of ether oxygens (including phenoxy) is 1. The molecule has 8 heteroatoms. The quantitative estimate of drug-likeness (QED) is 0.592. The van der Waals surface area contributed by atoms with Crippen molar-refractivity contribution in [3.63, 3.8) is 0 Å². The number of nitrogens with zero attached hydrogens (tertiary/aromatic N) is 3. The number of aryl methyl sites for hydroxylation is 1. The van der Waals surface area contributed by atoms with E-state index >= 15 is 0 Å². The average molecular weight is 461 g/mol. The summed E-state index contributed by atoms with van der Waals surface area (Å²) in [5.41, 5.74) is 3.91. The number of anilines is 2. The number of rotatable bonds is 4. The van der Waals surface area contributed by atoms with Gasteiger partial charge in [0.05, 0.1) is 29.4 Å². The molecule has 2 aromatic carbocycles. The first-order valence-corrected chi connectivity index (χ1v) is 10.4. The Bertz CT molecular complexity index is 1030. The highest BCUT2D eigenvalue weighted by molar-refractivity contribution is 9.10. The van der Waals surface area contributed by atoms with Gasteiger partial charge < -0.3 is 19.3 Å². The molecule has 0 amide bonds. The van der Waals surface area contributed by atoms with Crippen LogP contribution in [0, 0.1) is 0 Å². The number of hydrogen-bond acceptors (Lipinski definition) is 4. The molecule has 0 saturated heterocycles. The predicted molar refractivity (Wildman–Crippen MR) is 118 cm³/mol. The highest BCUT2D eigenvalue weighted by atomic mass is 79.9. The van der Waals surface area contributed by atoms with E-state index in [1.807, 2.05) is 19.1 Å². The van der Waals surface area contributed by atoms with Crippen molar-refractivity contribution in [3.05, 3.63) is 39.3 Å². The molecule has 4 rings (SSSR count). The first-order chi connectivity index (χ1) is 13.5. The summed E-state index contributed by atoms with van der Waals surface area (Å²) in [6, 6.07) is 7.40. The molecule has 0 spiro atoms. The first kappa shape index (κ1) is 19.6. The van der Waals surface area contributed by atoms with E-state index in [1.54, 1.807) is 19.2 Å². The Kier molecular flexibility index (Phi) is 5.33. The highest BCUT2D eigenvalue weighted by Gasteiger charge is 2.28. The van der Waals surface area contributed by atoms with Gasteiger partial charge in [0, 0.05) is 23.1 Å². The second-order valence-electron chi connectivity index (χ2n) is 6.87. The molecular weight excluding hydrogens is 440 g/mol. The van der Waals surface area contributed by atoms with E-state index in [4.69, 9.17) is 29.2 Å². The summed E-state index contributed by atoms with van der Waals surface area (Å²) in [5.74, 6) is 1.46. The number of aromatic nitrogens is 2. The van der Waals surface area contributed by atoms with Gasteiger partial charge in [0.1, 0.15) is 19.1 Å². The van der Waals surface area contributed by atoms with E-state index < -0.39 is 6.10 Å². The zero-order chi connectivity index (χ0) is 20.0. The van der Waals surface area contributed by atoms with Gasteiger partial charge >= 0.3 is 0 Å². The summed E-state index contributed by atoms with van der Waals surface area (Å²) >= 11 is 10.1. The summed E-state index contributed by atoms with van der Waals surface area (Å²) in [5, 5.41) is 11.1. The molecule has 1 aliphatic heterocycles. The van der Waals surface area contributed by atoms with Crippen molar-refractivity contribution in [1.82, 2.24) is 9.55 Å². The zero-order valence-corrected chi connectivity index (χ0v) is 18.1. The lowest BCUT2D eigenvalue weighted by Gasteiger charge is -2.32. The lowest BCUT2D eigenvalue weighted by molar-refractivity contribution is 0.175. The molecule has 1 aliphatic rings. The number of hydrogen-bond donors (Lipinski definition) is 1. The van der Waals surface area contributed by atoms with Crippen molar-refractivity contribution < 1.29 is 9.84 Å². The number of aliphatic hydroxyl groups excluding tert-OH is 1. The van der Waals surface area contributed by atoms with Crippen LogP contribution in [0.15, 0.2) is 28.7 Å². The fraction of sp³-hybridized carbons (Fsp3) is 0.350. The molecule has 0 bridgehead atoms. The molecule has 28 heavy (non-hydrogen) atoms. The molecule has 0 aliphatic carbocycles. The Balaban J connectivity index is 1.94. The van der Waals surface area contributed by atoms with Gasteiger partial charge in [-0.05, 0) is 47.0 Å². The Morgan fingerprint density at radius 3 is 2.82 bits per heavy atom. The van der Waals surface area contributed by atoms with E-state index in [-0.39, 0.29) is 0 Å². The lowest BCUT2D eigenvalue weighted by Crippen LogP contribution is -2.32. The minimum atomic E-state index is -0.561. The van der Waals surface area contributed by atoms with Crippen molar-refractivity contribution in [1.29, 1.82) is 0 Å². The molecule has 144 valence electrons. The topological polar surface area (TPSA) is 50.5 Å². The fourth-order valence-corrected chi connectivity index (χ4v) is 4.69. The van der Waals surface area contributed by atoms with Crippen molar-refractivity contribution in [3.8, 4) is 5.75 Å². The standard InChI is InChI=1S/C20H20BBrClN3O2/c1-3-16(27)12-5-6-15(23)17-18(12)25-7-4-8-26(20(25)24-17)19-13(21)9-11(28-2)10-14(19)22/h5-6,9-10,16,27H,3-4,7-8H2,1-2H3. The van der Waals surface area contributed by atoms with E-state index in [2.05, 4.69) is 25.4 Å².